The Morgan fingerprint density at radius 3 is 2.44 bits per heavy atom. The number of aliphatic imine (C=N–C) groups is 1. The molecule has 0 heterocycles. The fourth-order valence-electron chi connectivity index (χ4n) is 2.42. The highest BCUT2D eigenvalue weighted by molar-refractivity contribution is 14.0. The molecule has 1 aromatic carbocycles. The molecular formula is C18H32IN3O2S. The molecule has 0 bridgehead atoms. The summed E-state index contributed by atoms with van der Waals surface area (Å²) in [5.74, 6) is 0.865. The first-order valence-electron chi connectivity index (χ1n) is 8.74. The summed E-state index contributed by atoms with van der Waals surface area (Å²) >= 11 is 0. The van der Waals surface area contributed by atoms with Gasteiger partial charge in [-0.2, -0.15) is 0 Å². The van der Waals surface area contributed by atoms with E-state index < -0.39 is 9.84 Å². The van der Waals surface area contributed by atoms with Crippen molar-refractivity contribution in [3.63, 3.8) is 0 Å². The maximum Gasteiger partial charge on any atom is 0.191 e. The molecule has 0 amide bonds. The normalized spacial score (nSPS) is 13.0. The van der Waals surface area contributed by atoms with E-state index in [0.717, 1.165) is 12.4 Å². The molecular weight excluding hydrogens is 449 g/mol. The van der Waals surface area contributed by atoms with Gasteiger partial charge in [0, 0.05) is 19.6 Å². The van der Waals surface area contributed by atoms with Crippen LogP contribution in [0, 0.1) is 0 Å². The van der Waals surface area contributed by atoms with Crippen molar-refractivity contribution in [2.45, 2.75) is 56.9 Å². The summed E-state index contributed by atoms with van der Waals surface area (Å²) in [7, 11) is -1.47. The summed E-state index contributed by atoms with van der Waals surface area (Å²) in [6, 6.07) is 8.95. The average molecular weight is 481 g/mol. The molecule has 25 heavy (non-hydrogen) atoms. The Bertz CT molecular complexity index is 592. The molecule has 5 nitrogen and oxygen atoms in total. The van der Waals surface area contributed by atoms with Gasteiger partial charge in [0.05, 0.1) is 10.6 Å². The van der Waals surface area contributed by atoms with E-state index in [9.17, 15) is 8.42 Å². The minimum atomic E-state index is -3.20. The molecule has 144 valence electrons. The fraction of sp³-hybridized carbons (Fsp3) is 0.611. The van der Waals surface area contributed by atoms with Gasteiger partial charge in [-0.05, 0) is 31.9 Å². The molecule has 0 saturated heterocycles. The second-order valence-corrected chi connectivity index (χ2v) is 8.13. The predicted molar refractivity (Wildman–Crippen MR) is 117 cm³/mol. The van der Waals surface area contributed by atoms with Crippen LogP contribution in [0.2, 0.25) is 0 Å². The predicted octanol–water partition coefficient (Wildman–Crippen LogP) is 3.60. The summed E-state index contributed by atoms with van der Waals surface area (Å²) < 4.78 is 24.4. The third-order valence-corrected chi connectivity index (χ3v) is 5.65. The van der Waals surface area contributed by atoms with Crippen LogP contribution in [0.3, 0.4) is 0 Å². The van der Waals surface area contributed by atoms with Crippen molar-refractivity contribution in [2.24, 2.45) is 4.99 Å². The van der Waals surface area contributed by atoms with Gasteiger partial charge in [0.25, 0.3) is 0 Å². The largest absolute Gasteiger partial charge is 0.356 e. The highest BCUT2D eigenvalue weighted by atomic mass is 127. The second-order valence-electron chi connectivity index (χ2n) is 6.03. The molecule has 1 rings (SSSR count). The first-order chi connectivity index (χ1) is 11.5. The molecule has 7 heteroatoms. The van der Waals surface area contributed by atoms with Crippen LogP contribution in [0.25, 0.3) is 0 Å². The van der Waals surface area contributed by atoms with Gasteiger partial charge in [-0.3, -0.25) is 4.99 Å². The van der Waals surface area contributed by atoms with Gasteiger partial charge in [-0.25, -0.2) is 8.42 Å². The number of nitrogens with one attached hydrogen (secondary N) is 2. The lowest BCUT2D eigenvalue weighted by molar-refractivity contribution is 0.546. The first-order valence-corrected chi connectivity index (χ1v) is 10.4. The van der Waals surface area contributed by atoms with E-state index in [0.29, 0.717) is 23.9 Å². The van der Waals surface area contributed by atoms with E-state index in [1.807, 2.05) is 6.07 Å². The molecule has 0 spiro atoms. The Morgan fingerprint density at radius 2 is 1.84 bits per heavy atom. The number of hydrogen-bond acceptors (Lipinski definition) is 3. The van der Waals surface area contributed by atoms with E-state index in [1.165, 1.54) is 19.3 Å². The van der Waals surface area contributed by atoms with Gasteiger partial charge in [-0.15, -0.1) is 24.0 Å². The molecule has 0 aliphatic heterocycles. The summed E-state index contributed by atoms with van der Waals surface area (Å²) in [6.45, 7) is 4.91. The number of nitrogens with zero attached hydrogens (tertiary/aromatic N) is 1. The van der Waals surface area contributed by atoms with Crippen LogP contribution in [-0.4, -0.2) is 39.8 Å². The van der Waals surface area contributed by atoms with Crippen LogP contribution in [0.5, 0.6) is 0 Å². The monoisotopic (exact) mass is 481 g/mol. The number of unbranched alkanes of at least 4 members (excludes halogenated alkanes) is 2. The zero-order valence-electron chi connectivity index (χ0n) is 15.5. The smallest absolute Gasteiger partial charge is 0.191 e. The van der Waals surface area contributed by atoms with Gasteiger partial charge >= 0.3 is 0 Å². The third-order valence-electron chi connectivity index (χ3n) is 3.83. The van der Waals surface area contributed by atoms with Crippen LogP contribution >= 0.6 is 24.0 Å². The Morgan fingerprint density at radius 1 is 1.16 bits per heavy atom. The minimum absolute atomic E-state index is 0. The highest BCUT2D eigenvalue weighted by Crippen LogP contribution is 2.10. The molecule has 1 unspecified atom stereocenters. The van der Waals surface area contributed by atoms with Crippen molar-refractivity contribution in [3.8, 4) is 0 Å². The standard InChI is InChI=1S/C18H31N3O2S.HI/c1-4-5-7-11-16(2)21-18(19-3)20-14-10-15-24(22,23)17-12-8-6-9-13-17;/h6,8-9,12-13,16H,4-5,7,10-11,14-15H2,1-3H3,(H2,19,20,21);1H. The lowest BCUT2D eigenvalue weighted by Crippen LogP contribution is -2.42. The molecule has 0 aliphatic rings. The van der Waals surface area contributed by atoms with Crippen molar-refractivity contribution in [1.29, 1.82) is 0 Å². The number of sulfone groups is 1. The maximum atomic E-state index is 12.2. The lowest BCUT2D eigenvalue weighted by Gasteiger charge is -2.17. The van der Waals surface area contributed by atoms with Gasteiger partial charge in [0.2, 0.25) is 0 Å². The van der Waals surface area contributed by atoms with Crippen LogP contribution < -0.4 is 10.6 Å². The quantitative estimate of drug-likeness (QED) is 0.232. The molecule has 1 aromatic rings. The van der Waals surface area contributed by atoms with Crippen molar-refractivity contribution in [1.82, 2.24) is 10.6 Å². The van der Waals surface area contributed by atoms with Crippen LogP contribution in [-0.2, 0) is 9.84 Å². The van der Waals surface area contributed by atoms with E-state index in [2.05, 4.69) is 29.5 Å². The maximum absolute atomic E-state index is 12.2. The number of halogens is 1. The zero-order chi connectivity index (χ0) is 17.8. The van der Waals surface area contributed by atoms with E-state index in [-0.39, 0.29) is 29.7 Å². The fourth-order valence-corrected chi connectivity index (χ4v) is 3.75. The number of guanidine groups is 1. The van der Waals surface area contributed by atoms with E-state index in [4.69, 9.17) is 0 Å². The van der Waals surface area contributed by atoms with E-state index >= 15 is 0 Å². The van der Waals surface area contributed by atoms with Crippen molar-refractivity contribution in [2.75, 3.05) is 19.3 Å². The molecule has 0 aromatic heterocycles. The highest BCUT2D eigenvalue weighted by Gasteiger charge is 2.13. The molecule has 0 aliphatic carbocycles. The summed E-state index contributed by atoms with van der Waals surface area (Å²) in [4.78, 5) is 4.58. The number of hydrogen-bond donors (Lipinski definition) is 2. The molecule has 0 radical (unpaired) electrons. The Balaban J connectivity index is 0.00000576. The molecule has 0 saturated carbocycles. The number of rotatable bonds is 10. The molecule has 2 N–H and O–H groups in total. The Hall–Kier alpha value is -0.830. The SMILES string of the molecule is CCCCCC(C)NC(=NC)NCCCS(=O)(=O)c1ccccc1.I. The van der Waals surface area contributed by atoms with Crippen molar-refractivity contribution < 1.29 is 8.42 Å². The Kier molecular flexibility index (Phi) is 12.9. The number of benzene rings is 1. The third kappa shape index (κ3) is 10.0. The summed E-state index contributed by atoms with van der Waals surface area (Å²) in [5, 5.41) is 6.53. The molecule has 1 atom stereocenters. The Labute approximate surface area is 170 Å². The summed E-state index contributed by atoms with van der Waals surface area (Å²) in [6.07, 6.45) is 5.32. The van der Waals surface area contributed by atoms with E-state index in [1.54, 1.807) is 31.3 Å². The van der Waals surface area contributed by atoms with Gasteiger partial charge in [0.15, 0.2) is 15.8 Å². The summed E-state index contributed by atoms with van der Waals surface area (Å²) in [5.41, 5.74) is 0. The first kappa shape index (κ1) is 24.2. The van der Waals surface area contributed by atoms with Gasteiger partial charge in [0.1, 0.15) is 0 Å². The van der Waals surface area contributed by atoms with Gasteiger partial charge < -0.3 is 10.6 Å². The lowest BCUT2D eigenvalue weighted by atomic mass is 10.1. The van der Waals surface area contributed by atoms with Crippen molar-refractivity contribution >= 4 is 39.8 Å². The zero-order valence-corrected chi connectivity index (χ0v) is 18.6. The molecule has 0 fully saturated rings. The van der Waals surface area contributed by atoms with Crippen molar-refractivity contribution in [3.05, 3.63) is 30.3 Å². The minimum Gasteiger partial charge on any atom is -0.356 e. The van der Waals surface area contributed by atoms with Gasteiger partial charge in [-0.1, -0.05) is 44.4 Å². The van der Waals surface area contributed by atoms with Crippen LogP contribution in [0.4, 0.5) is 0 Å². The van der Waals surface area contributed by atoms with Crippen LogP contribution in [0.1, 0.15) is 46.0 Å². The van der Waals surface area contributed by atoms with Crippen LogP contribution in [0.15, 0.2) is 40.2 Å². The second kappa shape index (κ2) is 13.4. The topological polar surface area (TPSA) is 70.6 Å². The average Bonchev–Trinajstić information content (AvgIpc) is 2.58.